The van der Waals surface area contributed by atoms with Crippen LogP contribution in [0.4, 0.5) is 5.69 Å². The van der Waals surface area contributed by atoms with Gasteiger partial charge in [-0.15, -0.1) is 0 Å². The molecule has 3 aromatic rings. The number of carbonyl (C=O) groups is 2. The van der Waals surface area contributed by atoms with Gasteiger partial charge in [0.25, 0.3) is 0 Å². The molecule has 1 aliphatic heterocycles. The lowest BCUT2D eigenvalue weighted by atomic mass is 9.83. The average Bonchev–Trinajstić information content (AvgIpc) is 2.88. The van der Waals surface area contributed by atoms with Crippen molar-refractivity contribution in [1.82, 2.24) is 0 Å². The topological polar surface area (TPSA) is 65.1 Å². The van der Waals surface area contributed by atoms with E-state index >= 15 is 0 Å². The van der Waals surface area contributed by atoms with E-state index in [-0.39, 0.29) is 0 Å². The molecule has 0 amide bonds. The summed E-state index contributed by atoms with van der Waals surface area (Å²) in [4.78, 5) is 27.9. The van der Waals surface area contributed by atoms with Crippen LogP contribution in [0, 0.1) is 5.92 Å². The van der Waals surface area contributed by atoms with Crippen molar-refractivity contribution in [3.63, 3.8) is 0 Å². The van der Waals surface area contributed by atoms with Crippen molar-refractivity contribution in [1.29, 1.82) is 0 Å². The molecule has 0 aromatic heterocycles. The summed E-state index contributed by atoms with van der Waals surface area (Å²) >= 11 is 0. The number of nitrogens with zero attached hydrogens (tertiary/aromatic N) is 1. The van der Waals surface area contributed by atoms with Crippen molar-refractivity contribution in [3.8, 4) is 5.75 Å². The second-order valence-electron chi connectivity index (χ2n) is 7.56. The van der Waals surface area contributed by atoms with Crippen LogP contribution in [-0.2, 0) is 19.1 Å². The Morgan fingerprint density at radius 3 is 2.00 bits per heavy atom. The van der Waals surface area contributed by atoms with Crippen LogP contribution in [0.25, 0.3) is 11.8 Å². The molecule has 0 radical (unpaired) electrons. The number of anilines is 1. The molecule has 1 atom stereocenters. The largest absolute Gasteiger partial charge is 0.497 e. The molecule has 0 spiro atoms. The standard InChI is InChI=1S/C27H25NO5/c1-31-21-15-13-20(14-16-21)28-23(18-9-5-4-6-10-18)17-19-11-7-8-12-22(19)25(28)24(26(29)32-2)27(30)33-3/h4-17,24-25H,1-3H3. The van der Waals surface area contributed by atoms with Gasteiger partial charge in [0.2, 0.25) is 0 Å². The highest BCUT2D eigenvalue weighted by Crippen LogP contribution is 2.46. The zero-order valence-corrected chi connectivity index (χ0v) is 18.7. The van der Waals surface area contributed by atoms with E-state index in [2.05, 4.69) is 6.08 Å². The van der Waals surface area contributed by atoms with Crippen LogP contribution in [-0.4, -0.2) is 33.3 Å². The van der Waals surface area contributed by atoms with E-state index in [4.69, 9.17) is 14.2 Å². The summed E-state index contributed by atoms with van der Waals surface area (Å²) in [6.07, 6.45) is 2.07. The molecule has 6 nitrogen and oxygen atoms in total. The second kappa shape index (κ2) is 9.61. The summed E-state index contributed by atoms with van der Waals surface area (Å²) in [6.45, 7) is 0. The molecule has 0 bridgehead atoms. The van der Waals surface area contributed by atoms with E-state index in [1.807, 2.05) is 83.8 Å². The number of carbonyl (C=O) groups excluding carboxylic acids is 2. The van der Waals surface area contributed by atoms with Gasteiger partial charge in [-0.1, -0.05) is 54.6 Å². The summed E-state index contributed by atoms with van der Waals surface area (Å²) < 4.78 is 15.4. The van der Waals surface area contributed by atoms with Crippen molar-refractivity contribution in [2.75, 3.05) is 26.2 Å². The second-order valence-corrected chi connectivity index (χ2v) is 7.56. The Bertz CT molecular complexity index is 1150. The highest BCUT2D eigenvalue weighted by atomic mass is 16.5. The van der Waals surface area contributed by atoms with Crippen LogP contribution in [0.3, 0.4) is 0 Å². The molecule has 0 aliphatic carbocycles. The predicted octanol–water partition coefficient (Wildman–Crippen LogP) is 4.72. The Kier molecular flexibility index (Phi) is 6.45. The number of rotatable bonds is 6. The highest BCUT2D eigenvalue weighted by molar-refractivity contribution is 6.01. The third-order valence-electron chi connectivity index (χ3n) is 5.79. The van der Waals surface area contributed by atoms with Gasteiger partial charge in [0, 0.05) is 11.4 Å². The van der Waals surface area contributed by atoms with E-state index in [1.54, 1.807) is 7.11 Å². The summed E-state index contributed by atoms with van der Waals surface area (Å²) in [5, 5.41) is 0. The van der Waals surface area contributed by atoms with E-state index in [0.29, 0.717) is 5.75 Å². The number of benzene rings is 3. The minimum absolute atomic E-state index is 0.658. The molecule has 0 N–H and O–H groups in total. The molecule has 0 saturated carbocycles. The molecule has 0 fully saturated rings. The van der Waals surface area contributed by atoms with Gasteiger partial charge in [0.05, 0.1) is 27.4 Å². The lowest BCUT2D eigenvalue weighted by Gasteiger charge is -2.41. The minimum atomic E-state index is -1.20. The van der Waals surface area contributed by atoms with Crippen LogP contribution < -0.4 is 9.64 Å². The molecule has 1 heterocycles. The van der Waals surface area contributed by atoms with E-state index in [1.165, 1.54) is 14.2 Å². The van der Waals surface area contributed by atoms with Crippen LogP contribution in [0.15, 0.2) is 78.9 Å². The maximum atomic E-state index is 13.0. The molecule has 0 saturated heterocycles. The first-order valence-electron chi connectivity index (χ1n) is 10.5. The number of esters is 2. The Morgan fingerprint density at radius 2 is 1.39 bits per heavy atom. The van der Waals surface area contributed by atoms with Crippen molar-refractivity contribution in [2.24, 2.45) is 5.92 Å². The Labute approximate surface area is 193 Å². The van der Waals surface area contributed by atoms with Crippen LogP contribution >= 0.6 is 0 Å². The molecular weight excluding hydrogens is 418 g/mol. The van der Waals surface area contributed by atoms with Crippen LogP contribution in [0.2, 0.25) is 0 Å². The molecule has 1 unspecified atom stereocenters. The summed E-state index contributed by atoms with van der Waals surface area (Å²) in [6, 6.07) is 24.4. The monoisotopic (exact) mass is 443 g/mol. The molecule has 33 heavy (non-hydrogen) atoms. The van der Waals surface area contributed by atoms with Gasteiger partial charge in [-0.05, 0) is 47.0 Å². The third kappa shape index (κ3) is 4.20. The average molecular weight is 443 g/mol. The molecule has 1 aliphatic rings. The summed E-state index contributed by atoms with van der Waals surface area (Å²) in [7, 11) is 4.16. The fourth-order valence-electron chi connectivity index (χ4n) is 4.23. The Morgan fingerprint density at radius 1 is 0.788 bits per heavy atom. The molecule has 6 heteroatoms. The van der Waals surface area contributed by atoms with Gasteiger partial charge in [-0.2, -0.15) is 0 Å². The van der Waals surface area contributed by atoms with Crippen molar-refractivity contribution >= 4 is 29.4 Å². The molecule has 168 valence electrons. The van der Waals surface area contributed by atoms with Gasteiger partial charge in [-0.25, -0.2) is 0 Å². The first-order chi connectivity index (χ1) is 16.1. The van der Waals surface area contributed by atoms with Gasteiger partial charge >= 0.3 is 11.9 Å². The van der Waals surface area contributed by atoms with E-state index in [0.717, 1.165) is 28.1 Å². The zero-order valence-electron chi connectivity index (χ0n) is 18.7. The zero-order chi connectivity index (χ0) is 23.4. The van der Waals surface area contributed by atoms with Gasteiger partial charge in [-0.3, -0.25) is 9.59 Å². The lowest BCUT2D eigenvalue weighted by molar-refractivity contribution is -0.159. The van der Waals surface area contributed by atoms with Crippen molar-refractivity contribution in [3.05, 3.63) is 95.6 Å². The highest BCUT2D eigenvalue weighted by Gasteiger charge is 2.45. The fourth-order valence-corrected chi connectivity index (χ4v) is 4.23. The number of hydrogen-bond acceptors (Lipinski definition) is 6. The summed E-state index contributed by atoms with van der Waals surface area (Å²) in [5.41, 5.74) is 4.34. The smallest absolute Gasteiger partial charge is 0.322 e. The minimum Gasteiger partial charge on any atom is -0.497 e. The number of fused-ring (bicyclic) bond motifs is 1. The van der Waals surface area contributed by atoms with Gasteiger partial charge in [0.15, 0.2) is 5.92 Å². The maximum Gasteiger partial charge on any atom is 0.322 e. The Balaban J connectivity index is 2.00. The van der Waals surface area contributed by atoms with Crippen molar-refractivity contribution < 1.29 is 23.8 Å². The summed E-state index contributed by atoms with van der Waals surface area (Å²) in [5.74, 6) is -1.81. The van der Waals surface area contributed by atoms with Crippen LogP contribution in [0.5, 0.6) is 5.75 Å². The Hall–Kier alpha value is -4.06. The normalized spacial score (nSPS) is 14.8. The SMILES string of the molecule is COC(=O)C(C(=O)OC)C1c2ccccc2C=C(c2ccccc2)N1c1ccc(OC)cc1. The van der Waals surface area contributed by atoms with E-state index < -0.39 is 23.9 Å². The first kappa shape index (κ1) is 22.1. The van der Waals surface area contributed by atoms with Gasteiger partial charge < -0.3 is 19.1 Å². The third-order valence-corrected chi connectivity index (χ3v) is 5.79. The number of hydrogen-bond donors (Lipinski definition) is 0. The predicted molar refractivity (Wildman–Crippen MR) is 126 cm³/mol. The number of ether oxygens (including phenoxy) is 3. The van der Waals surface area contributed by atoms with Crippen molar-refractivity contribution in [2.45, 2.75) is 6.04 Å². The van der Waals surface area contributed by atoms with Gasteiger partial charge in [0.1, 0.15) is 5.75 Å². The van der Waals surface area contributed by atoms with Crippen LogP contribution in [0.1, 0.15) is 22.7 Å². The first-order valence-corrected chi connectivity index (χ1v) is 10.5. The lowest BCUT2D eigenvalue weighted by Crippen LogP contribution is -2.43. The molecule has 3 aromatic carbocycles. The molecule has 4 rings (SSSR count). The number of methoxy groups -OCH3 is 3. The quantitative estimate of drug-likeness (QED) is 0.406. The maximum absolute atomic E-state index is 13.0. The molecular formula is C27H25NO5. The fraction of sp³-hybridized carbons (Fsp3) is 0.185. The van der Waals surface area contributed by atoms with E-state index in [9.17, 15) is 9.59 Å².